The lowest BCUT2D eigenvalue weighted by atomic mass is 9.95. The van der Waals surface area contributed by atoms with Gasteiger partial charge in [-0.1, -0.05) is 0 Å². The summed E-state index contributed by atoms with van der Waals surface area (Å²) >= 11 is 2.01. The fourth-order valence-corrected chi connectivity index (χ4v) is 2.92. The standard InChI is InChI=1S/C12H19N3S/c1-16-12-4-2-10(3-5-12)15-9-11-8-13-6-7-14-11/h6-8,10,12,15H,2-5,9H2,1H3. The first kappa shape index (κ1) is 11.9. The van der Waals surface area contributed by atoms with E-state index in [1.54, 1.807) is 12.4 Å². The van der Waals surface area contributed by atoms with Crippen molar-refractivity contribution in [1.82, 2.24) is 15.3 Å². The third-order valence-corrected chi connectivity index (χ3v) is 4.33. The van der Waals surface area contributed by atoms with E-state index in [1.807, 2.05) is 18.0 Å². The molecule has 0 unspecified atom stereocenters. The number of nitrogens with zero attached hydrogens (tertiary/aromatic N) is 2. The fraction of sp³-hybridized carbons (Fsp3) is 0.667. The summed E-state index contributed by atoms with van der Waals surface area (Å²) in [5.74, 6) is 0. The van der Waals surface area contributed by atoms with Crippen LogP contribution in [0, 0.1) is 0 Å². The van der Waals surface area contributed by atoms with E-state index in [4.69, 9.17) is 0 Å². The maximum absolute atomic E-state index is 4.27. The number of rotatable bonds is 4. The second kappa shape index (κ2) is 6.21. The highest BCUT2D eigenvalue weighted by atomic mass is 32.2. The molecule has 0 atom stereocenters. The summed E-state index contributed by atoms with van der Waals surface area (Å²) in [5, 5.41) is 4.45. The van der Waals surface area contributed by atoms with Crippen LogP contribution in [-0.4, -0.2) is 27.5 Å². The summed E-state index contributed by atoms with van der Waals surface area (Å²) in [4.78, 5) is 8.33. The first-order chi connectivity index (χ1) is 7.88. The molecule has 1 aliphatic carbocycles. The van der Waals surface area contributed by atoms with Crippen LogP contribution in [0.5, 0.6) is 0 Å². The summed E-state index contributed by atoms with van der Waals surface area (Å²) in [6.07, 6.45) is 12.8. The zero-order chi connectivity index (χ0) is 11.2. The van der Waals surface area contributed by atoms with E-state index in [1.165, 1.54) is 25.7 Å². The SMILES string of the molecule is CSC1CCC(NCc2cnccn2)CC1. The Labute approximate surface area is 101 Å². The van der Waals surface area contributed by atoms with Crippen molar-refractivity contribution < 1.29 is 0 Å². The first-order valence-corrected chi connectivity index (χ1v) is 7.18. The van der Waals surface area contributed by atoms with Crippen molar-refractivity contribution in [2.24, 2.45) is 0 Å². The zero-order valence-corrected chi connectivity index (χ0v) is 10.5. The Morgan fingerprint density at radius 2 is 2.12 bits per heavy atom. The minimum absolute atomic E-state index is 0.672. The Kier molecular flexibility index (Phi) is 4.60. The van der Waals surface area contributed by atoms with Crippen molar-refractivity contribution in [2.75, 3.05) is 6.26 Å². The highest BCUT2D eigenvalue weighted by Crippen LogP contribution is 2.26. The molecule has 1 saturated carbocycles. The smallest absolute Gasteiger partial charge is 0.0724 e. The Hall–Kier alpha value is -0.610. The Morgan fingerprint density at radius 3 is 2.75 bits per heavy atom. The molecule has 1 fully saturated rings. The normalized spacial score (nSPS) is 25.6. The van der Waals surface area contributed by atoms with Gasteiger partial charge < -0.3 is 5.32 Å². The van der Waals surface area contributed by atoms with Gasteiger partial charge in [0.15, 0.2) is 0 Å². The number of hydrogen-bond acceptors (Lipinski definition) is 4. The second-order valence-corrected chi connectivity index (χ2v) is 5.43. The summed E-state index contributed by atoms with van der Waals surface area (Å²) in [6.45, 7) is 0.850. The first-order valence-electron chi connectivity index (χ1n) is 5.89. The molecule has 1 aliphatic rings. The number of nitrogens with one attached hydrogen (secondary N) is 1. The molecule has 88 valence electrons. The third-order valence-electron chi connectivity index (χ3n) is 3.20. The van der Waals surface area contributed by atoms with Crippen molar-refractivity contribution >= 4 is 11.8 Å². The number of thioether (sulfide) groups is 1. The van der Waals surface area contributed by atoms with E-state index in [0.717, 1.165) is 17.5 Å². The van der Waals surface area contributed by atoms with Gasteiger partial charge in [-0.25, -0.2) is 0 Å². The maximum atomic E-state index is 4.27. The van der Waals surface area contributed by atoms with Gasteiger partial charge in [0.25, 0.3) is 0 Å². The van der Waals surface area contributed by atoms with E-state index < -0.39 is 0 Å². The molecule has 1 N–H and O–H groups in total. The number of hydrogen-bond donors (Lipinski definition) is 1. The summed E-state index contributed by atoms with van der Waals surface area (Å²) in [6, 6.07) is 0.672. The van der Waals surface area contributed by atoms with Crippen molar-refractivity contribution in [3.05, 3.63) is 24.3 Å². The van der Waals surface area contributed by atoms with Crippen molar-refractivity contribution in [1.29, 1.82) is 0 Å². The van der Waals surface area contributed by atoms with Crippen LogP contribution in [0.1, 0.15) is 31.4 Å². The van der Waals surface area contributed by atoms with Gasteiger partial charge in [0.2, 0.25) is 0 Å². The van der Waals surface area contributed by atoms with Crippen molar-refractivity contribution in [3.8, 4) is 0 Å². The van der Waals surface area contributed by atoms with E-state index >= 15 is 0 Å². The molecule has 0 amide bonds. The molecule has 0 radical (unpaired) electrons. The fourth-order valence-electron chi connectivity index (χ4n) is 2.17. The van der Waals surface area contributed by atoms with Crippen LogP contribution in [0.15, 0.2) is 18.6 Å². The highest BCUT2D eigenvalue weighted by Gasteiger charge is 2.19. The van der Waals surface area contributed by atoms with Gasteiger partial charge in [0, 0.05) is 36.4 Å². The van der Waals surface area contributed by atoms with E-state index in [9.17, 15) is 0 Å². The topological polar surface area (TPSA) is 37.8 Å². The predicted molar refractivity (Wildman–Crippen MR) is 68.4 cm³/mol. The zero-order valence-electron chi connectivity index (χ0n) is 9.72. The minimum Gasteiger partial charge on any atom is -0.308 e. The van der Waals surface area contributed by atoms with E-state index in [0.29, 0.717) is 6.04 Å². The largest absolute Gasteiger partial charge is 0.308 e. The van der Waals surface area contributed by atoms with Crippen molar-refractivity contribution in [3.63, 3.8) is 0 Å². The van der Waals surface area contributed by atoms with Gasteiger partial charge in [-0.05, 0) is 31.9 Å². The molecule has 0 bridgehead atoms. The van der Waals surface area contributed by atoms with Gasteiger partial charge in [-0.3, -0.25) is 9.97 Å². The minimum atomic E-state index is 0.672. The van der Waals surface area contributed by atoms with Gasteiger partial charge in [-0.2, -0.15) is 11.8 Å². The molecule has 2 rings (SSSR count). The molecule has 1 aromatic rings. The molecule has 1 heterocycles. The summed E-state index contributed by atoms with van der Waals surface area (Å²) in [5.41, 5.74) is 1.04. The molecule has 0 aliphatic heterocycles. The summed E-state index contributed by atoms with van der Waals surface area (Å²) in [7, 11) is 0. The molecule has 0 spiro atoms. The molecular formula is C12H19N3S. The third kappa shape index (κ3) is 3.46. The second-order valence-electron chi connectivity index (χ2n) is 4.29. The Balaban J connectivity index is 1.72. The van der Waals surface area contributed by atoms with Crippen LogP contribution in [0.2, 0.25) is 0 Å². The molecule has 1 aromatic heterocycles. The van der Waals surface area contributed by atoms with Crippen LogP contribution in [-0.2, 0) is 6.54 Å². The van der Waals surface area contributed by atoms with Gasteiger partial charge in [-0.15, -0.1) is 0 Å². The quantitative estimate of drug-likeness (QED) is 0.871. The molecular weight excluding hydrogens is 218 g/mol. The Bertz CT molecular complexity index is 296. The van der Waals surface area contributed by atoms with Crippen LogP contribution in [0.25, 0.3) is 0 Å². The van der Waals surface area contributed by atoms with E-state index in [2.05, 4.69) is 21.5 Å². The van der Waals surface area contributed by atoms with Gasteiger partial charge in [0.05, 0.1) is 5.69 Å². The highest BCUT2D eigenvalue weighted by molar-refractivity contribution is 7.99. The van der Waals surface area contributed by atoms with Crippen LogP contribution in [0.3, 0.4) is 0 Å². The molecule has 0 aromatic carbocycles. The van der Waals surface area contributed by atoms with Crippen LogP contribution < -0.4 is 5.32 Å². The average Bonchev–Trinajstić information content (AvgIpc) is 2.38. The predicted octanol–water partition coefficient (Wildman–Crippen LogP) is 2.24. The van der Waals surface area contributed by atoms with Gasteiger partial charge >= 0.3 is 0 Å². The van der Waals surface area contributed by atoms with Gasteiger partial charge in [0.1, 0.15) is 0 Å². The lowest BCUT2D eigenvalue weighted by Crippen LogP contribution is -2.33. The molecule has 16 heavy (non-hydrogen) atoms. The molecule has 4 heteroatoms. The Morgan fingerprint density at radius 1 is 1.31 bits per heavy atom. The monoisotopic (exact) mass is 237 g/mol. The van der Waals surface area contributed by atoms with Crippen molar-refractivity contribution in [2.45, 2.75) is 43.5 Å². The number of aromatic nitrogens is 2. The lowest BCUT2D eigenvalue weighted by Gasteiger charge is -2.28. The van der Waals surface area contributed by atoms with Crippen LogP contribution in [0.4, 0.5) is 0 Å². The maximum Gasteiger partial charge on any atom is 0.0724 e. The average molecular weight is 237 g/mol. The summed E-state index contributed by atoms with van der Waals surface area (Å²) < 4.78 is 0. The molecule has 0 saturated heterocycles. The molecule has 3 nitrogen and oxygen atoms in total. The van der Waals surface area contributed by atoms with E-state index in [-0.39, 0.29) is 0 Å². The lowest BCUT2D eigenvalue weighted by molar-refractivity contribution is 0.377. The van der Waals surface area contributed by atoms with Crippen LogP contribution >= 0.6 is 11.8 Å².